The van der Waals surface area contributed by atoms with E-state index in [1.165, 1.54) is 11.6 Å². The van der Waals surface area contributed by atoms with Crippen LogP contribution in [0.3, 0.4) is 0 Å². The van der Waals surface area contributed by atoms with Crippen LogP contribution in [0.2, 0.25) is 0 Å². The number of nitro benzene ring substituents is 1. The van der Waals surface area contributed by atoms with Crippen molar-refractivity contribution in [3.05, 3.63) is 75.8 Å². The predicted octanol–water partition coefficient (Wildman–Crippen LogP) is 4.52. The average Bonchev–Trinajstić information content (AvgIpc) is 2.82. The van der Waals surface area contributed by atoms with Gasteiger partial charge in [0.05, 0.1) is 17.1 Å². The Morgan fingerprint density at radius 1 is 1.12 bits per heavy atom. The van der Waals surface area contributed by atoms with Crippen molar-refractivity contribution in [1.29, 1.82) is 0 Å². The van der Waals surface area contributed by atoms with Gasteiger partial charge in [0.2, 0.25) is 0 Å². The van der Waals surface area contributed by atoms with Crippen LogP contribution in [0.15, 0.2) is 59.6 Å². The zero-order valence-corrected chi connectivity index (χ0v) is 19.1. The summed E-state index contributed by atoms with van der Waals surface area (Å²) in [6, 6.07) is 17.1. The maximum absolute atomic E-state index is 13.7. The lowest BCUT2D eigenvalue weighted by molar-refractivity contribution is -0.385. The topological polar surface area (TPSA) is 91.0 Å². The van der Waals surface area contributed by atoms with Crippen molar-refractivity contribution in [3.63, 3.8) is 0 Å². The highest BCUT2D eigenvalue weighted by atomic mass is 16.6. The normalized spacial score (nSPS) is 33.7. The SMILES string of the molecule is COCCOC(=O)[C@]12C[C@H]3[C@H](c4ccccc4)[C@H](C(C)=N[C@]31C)[C@@H]2c1cccc([N+](=O)[O-])c1. The second-order valence-electron chi connectivity index (χ2n) is 9.60. The first-order valence-electron chi connectivity index (χ1n) is 11.4. The van der Waals surface area contributed by atoms with Crippen LogP contribution < -0.4 is 0 Å². The van der Waals surface area contributed by atoms with Crippen LogP contribution in [0, 0.1) is 27.4 Å². The van der Waals surface area contributed by atoms with Gasteiger partial charge in [0, 0.05) is 36.8 Å². The van der Waals surface area contributed by atoms with E-state index < -0.39 is 11.0 Å². The van der Waals surface area contributed by atoms with Crippen LogP contribution in [-0.4, -0.2) is 42.5 Å². The molecule has 0 aromatic heterocycles. The number of methoxy groups -OCH3 is 1. The van der Waals surface area contributed by atoms with E-state index in [0.29, 0.717) is 13.0 Å². The number of nitro groups is 1. The first-order chi connectivity index (χ1) is 15.8. The predicted molar refractivity (Wildman–Crippen MR) is 123 cm³/mol. The molecule has 7 heteroatoms. The van der Waals surface area contributed by atoms with E-state index in [2.05, 4.69) is 19.1 Å². The summed E-state index contributed by atoms with van der Waals surface area (Å²) in [6.07, 6.45) is 0.648. The summed E-state index contributed by atoms with van der Waals surface area (Å²) in [5, 5.41) is 11.6. The smallest absolute Gasteiger partial charge is 0.315 e. The van der Waals surface area contributed by atoms with Crippen molar-refractivity contribution in [2.75, 3.05) is 20.3 Å². The minimum absolute atomic E-state index is 0.0312. The molecule has 33 heavy (non-hydrogen) atoms. The van der Waals surface area contributed by atoms with E-state index in [0.717, 1.165) is 11.3 Å². The molecule has 2 saturated carbocycles. The molecule has 7 nitrogen and oxygen atoms in total. The monoisotopic (exact) mass is 448 g/mol. The lowest BCUT2D eigenvalue weighted by atomic mass is 9.31. The standard InChI is InChI=1S/C26H28N2O5/c1-16-21-22(17-8-5-4-6-9-17)20-15-26(25(20,2)27-16,24(29)33-13-12-32-3)23(21)18-10-7-11-19(14-18)28(30)31/h4-11,14,20-23H,12-13,15H2,1-3H3/t20-,21-,22-,23-,25+,26+/m0/s1. The average molecular weight is 449 g/mol. The number of aliphatic imine (C=N–C) groups is 1. The number of rotatable bonds is 7. The molecule has 2 aromatic carbocycles. The fourth-order valence-electron chi connectivity index (χ4n) is 6.96. The molecule has 0 amide bonds. The number of ether oxygens (including phenoxy) is 2. The third-order valence-electron chi connectivity index (χ3n) is 8.28. The molecule has 2 aromatic rings. The third kappa shape index (κ3) is 2.91. The van der Waals surface area contributed by atoms with E-state index in [1.54, 1.807) is 19.2 Å². The van der Waals surface area contributed by atoms with Crippen molar-refractivity contribution >= 4 is 17.4 Å². The molecular formula is C26H28N2O5. The van der Waals surface area contributed by atoms with E-state index in [4.69, 9.17) is 14.5 Å². The first kappa shape index (κ1) is 21.8. The van der Waals surface area contributed by atoms with Crippen LogP contribution in [0.5, 0.6) is 0 Å². The van der Waals surface area contributed by atoms with Gasteiger partial charge in [0.1, 0.15) is 12.0 Å². The minimum Gasteiger partial charge on any atom is -0.463 e. The Bertz CT molecular complexity index is 1130. The van der Waals surface area contributed by atoms with Gasteiger partial charge in [-0.3, -0.25) is 19.9 Å². The molecule has 172 valence electrons. The number of hydrogen-bond donors (Lipinski definition) is 0. The Balaban J connectivity index is 1.67. The number of nitrogens with zero attached hydrogens (tertiary/aromatic N) is 2. The van der Waals surface area contributed by atoms with Crippen molar-refractivity contribution in [1.82, 2.24) is 0 Å². The van der Waals surface area contributed by atoms with Gasteiger partial charge in [0.25, 0.3) is 5.69 Å². The van der Waals surface area contributed by atoms with Crippen LogP contribution >= 0.6 is 0 Å². The molecule has 0 spiro atoms. The fraction of sp³-hybridized carbons (Fsp3) is 0.462. The van der Waals surface area contributed by atoms with Gasteiger partial charge >= 0.3 is 5.97 Å². The highest BCUT2D eigenvalue weighted by Gasteiger charge is 2.80. The van der Waals surface area contributed by atoms with Gasteiger partial charge in [0.15, 0.2) is 0 Å². The van der Waals surface area contributed by atoms with E-state index in [-0.39, 0.29) is 46.9 Å². The molecule has 0 radical (unpaired) electrons. The number of benzene rings is 2. The van der Waals surface area contributed by atoms with Gasteiger partial charge in [-0.25, -0.2) is 0 Å². The van der Waals surface area contributed by atoms with Crippen molar-refractivity contribution in [2.24, 2.45) is 22.2 Å². The molecule has 0 N–H and O–H groups in total. The van der Waals surface area contributed by atoms with Gasteiger partial charge in [-0.1, -0.05) is 42.5 Å². The molecular weight excluding hydrogens is 420 g/mol. The Morgan fingerprint density at radius 3 is 2.55 bits per heavy atom. The molecule has 6 rings (SSSR count). The molecule has 0 saturated heterocycles. The zero-order valence-electron chi connectivity index (χ0n) is 19.1. The van der Waals surface area contributed by atoms with E-state index >= 15 is 0 Å². The zero-order chi connectivity index (χ0) is 23.4. The summed E-state index contributed by atoms with van der Waals surface area (Å²) in [5.74, 6) is -0.178. The van der Waals surface area contributed by atoms with Crippen LogP contribution in [-0.2, 0) is 14.3 Å². The van der Waals surface area contributed by atoms with Gasteiger partial charge in [-0.2, -0.15) is 0 Å². The molecule has 2 heterocycles. The Hall–Kier alpha value is -3.06. The summed E-state index contributed by atoms with van der Waals surface area (Å²) in [7, 11) is 1.57. The maximum Gasteiger partial charge on any atom is 0.315 e. The second-order valence-corrected chi connectivity index (χ2v) is 9.60. The number of carbonyl (C=O) groups excluding carboxylic acids is 1. The van der Waals surface area contributed by atoms with Crippen molar-refractivity contribution in [3.8, 4) is 0 Å². The molecule has 4 aliphatic rings. The largest absolute Gasteiger partial charge is 0.463 e. The Morgan fingerprint density at radius 2 is 1.85 bits per heavy atom. The summed E-state index contributed by atoms with van der Waals surface area (Å²) in [5.41, 5.74) is 1.58. The third-order valence-corrected chi connectivity index (χ3v) is 8.28. The minimum atomic E-state index is -0.851. The van der Waals surface area contributed by atoms with Gasteiger partial charge in [-0.15, -0.1) is 0 Å². The Labute approximate surface area is 193 Å². The molecule has 2 aliphatic carbocycles. The number of esters is 1. The van der Waals surface area contributed by atoms with Gasteiger partial charge in [-0.05, 0) is 43.2 Å². The van der Waals surface area contributed by atoms with Crippen LogP contribution in [0.1, 0.15) is 43.2 Å². The summed E-state index contributed by atoms with van der Waals surface area (Å²) >= 11 is 0. The maximum atomic E-state index is 13.7. The summed E-state index contributed by atoms with van der Waals surface area (Å²) in [4.78, 5) is 30.0. The van der Waals surface area contributed by atoms with E-state index in [1.807, 2.05) is 31.2 Å². The number of hydrogen-bond acceptors (Lipinski definition) is 6. The fourth-order valence-corrected chi connectivity index (χ4v) is 6.96. The van der Waals surface area contributed by atoms with Crippen molar-refractivity contribution in [2.45, 2.75) is 37.6 Å². The molecule has 2 fully saturated rings. The van der Waals surface area contributed by atoms with Crippen molar-refractivity contribution < 1.29 is 19.2 Å². The lowest BCUT2D eigenvalue weighted by Gasteiger charge is -2.73. The lowest BCUT2D eigenvalue weighted by Crippen LogP contribution is -2.77. The molecule has 2 aliphatic heterocycles. The van der Waals surface area contributed by atoms with E-state index in [9.17, 15) is 14.9 Å². The van der Waals surface area contributed by atoms with Gasteiger partial charge < -0.3 is 9.47 Å². The van der Waals surface area contributed by atoms with Crippen LogP contribution in [0.25, 0.3) is 0 Å². The molecule has 0 unspecified atom stereocenters. The summed E-state index contributed by atoms with van der Waals surface area (Å²) in [6.45, 7) is 4.60. The highest BCUT2D eigenvalue weighted by molar-refractivity contribution is 5.95. The second kappa shape index (κ2) is 7.76. The molecule has 4 bridgehead atoms. The highest BCUT2D eigenvalue weighted by Crippen LogP contribution is 2.77. The Kier molecular flexibility index (Phi) is 5.12. The quantitative estimate of drug-likeness (QED) is 0.269. The van der Waals surface area contributed by atoms with Crippen LogP contribution in [0.4, 0.5) is 5.69 Å². The summed E-state index contributed by atoms with van der Waals surface area (Å²) < 4.78 is 10.8. The first-order valence-corrected chi connectivity index (χ1v) is 11.4. The molecule has 6 atom stereocenters. The number of carbonyl (C=O) groups is 1. The number of non-ortho nitro benzene ring substituents is 1.